The summed E-state index contributed by atoms with van der Waals surface area (Å²) in [5.41, 5.74) is 0. The molecule has 0 amide bonds. The zero-order valence-corrected chi connectivity index (χ0v) is 4.33. The first-order valence-corrected chi connectivity index (χ1v) is 2.51. The number of nitrogens with zero attached hydrogens (tertiary/aromatic N) is 1. The number of nitro groups is 1. The van der Waals surface area contributed by atoms with Gasteiger partial charge >= 0.3 is 0 Å². The van der Waals surface area contributed by atoms with Gasteiger partial charge in [0.2, 0.25) is 0 Å². The fourth-order valence-electron chi connectivity index (χ4n) is 0.716. The lowest BCUT2D eigenvalue weighted by molar-refractivity contribution is -0.517. The van der Waals surface area contributed by atoms with E-state index < -0.39 is 6.17 Å². The second kappa shape index (κ2) is 2.09. The van der Waals surface area contributed by atoms with Gasteiger partial charge in [-0.15, -0.1) is 0 Å². The first-order chi connectivity index (χ1) is 3.80. The predicted octanol–water partition coefficient (Wildman–Crippen LogP) is -0.213. The normalized spacial score (nSPS) is 28.2. The molecule has 0 saturated carbocycles. The van der Waals surface area contributed by atoms with Crippen LogP contribution < -0.4 is 5.32 Å². The Kier molecular flexibility index (Phi) is 1.43. The molecule has 0 aliphatic carbocycles. The molecule has 4 heteroatoms. The van der Waals surface area contributed by atoms with Crippen LogP contribution in [-0.2, 0) is 0 Å². The fourth-order valence-corrected chi connectivity index (χ4v) is 0.716. The summed E-state index contributed by atoms with van der Waals surface area (Å²) >= 11 is 0. The summed E-state index contributed by atoms with van der Waals surface area (Å²) in [4.78, 5) is 9.59. The van der Waals surface area contributed by atoms with Gasteiger partial charge < -0.3 is 0 Å². The molecule has 0 bridgehead atoms. The van der Waals surface area contributed by atoms with Gasteiger partial charge in [-0.3, -0.25) is 15.4 Å². The van der Waals surface area contributed by atoms with Crippen LogP contribution in [0.3, 0.4) is 0 Å². The van der Waals surface area contributed by atoms with E-state index in [9.17, 15) is 10.1 Å². The van der Waals surface area contributed by atoms with Crippen molar-refractivity contribution in [2.75, 3.05) is 6.54 Å². The highest BCUT2D eigenvalue weighted by molar-refractivity contribution is 4.81. The van der Waals surface area contributed by atoms with Gasteiger partial charge in [0.25, 0.3) is 6.17 Å². The molecule has 1 heterocycles. The van der Waals surface area contributed by atoms with E-state index in [0.29, 0.717) is 0 Å². The molecule has 1 saturated heterocycles. The van der Waals surface area contributed by atoms with Crippen LogP contribution in [0.1, 0.15) is 6.42 Å². The molecule has 0 spiro atoms. The maximum Gasteiger partial charge on any atom is 0.269 e. The summed E-state index contributed by atoms with van der Waals surface area (Å²) < 4.78 is 0. The summed E-state index contributed by atoms with van der Waals surface area (Å²) in [7, 11) is 0. The summed E-state index contributed by atoms with van der Waals surface area (Å²) in [5, 5.41) is 12.6. The van der Waals surface area contributed by atoms with E-state index in [2.05, 4.69) is 5.32 Å². The average molecular weight is 115 g/mol. The van der Waals surface area contributed by atoms with Crippen molar-refractivity contribution in [1.82, 2.24) is 5.32 Å². The number of hydrogen-bond donors (Lipinski definition) is 1. The third kappa shape index (κ3) is 0.949. The fraction of sp³-hybridized carbons (Fsp3) is 0.750. The Labute approximate surface area is 47.0 Å². The van der Waals surface area contributed by atoms with Crippen LogP contribution in [0.5, 0.6) is 0 Å². The van der Waals surface area contributed by atoms with Crippen LogP contribution in [0.15, 0.2) is 0 Å². The van der Waals surface area contributed by atoms with E-state index in [1.165, 1.54) is 0 Å². The van der Waals surface area contributed by atoms with Gasteiger partial charge in [0, 0.05) is 11.5 Å². The van der Waals surface area contributed by atoms with Crippen LogP contribution in [-0.4, -0.2) is 17.6 Å². The van der Waals surface area contributed by atoms with E-state index in [1.807, 2.05) is 0 Å². The summed E-state index contributed by atoms with van der Waals surface area (Å²) in [5.74, 6) is 0. The summed E-state index contributed by atoms with van der Waals surface area (Å²) in [6.45, 7) is 0.742. The minimum Gasteiger partial charge on any atom is -0.263 e. The third-order valence-corrected chi connectivity index (χ3v) is 1.11. The lowest BCUT2D eigenvalue weighted by Crippen LogP contribution is -2.29. The molecule has 1 rings (SSSR count). The lowest BCUT2D eigenvalue weighted by Gasteiger charge is -1.96. The molecule has 4 nitrogen and oxygen atoms in total. The van der Waals surface area contributed by atoms with Crippen LogP contribution in [0.2, 0.25) is 0 Å². The monoisotopic (exact) mass is 115 g/mol. The maximum atomic E-state index is 9.91. The lowest BCUT2D eigenvalue weighted by atomic mass is 10.3. The molecule has 8 heavy (non-hydrogen) atoms. The minimum absolute atomic E-state index is 0.326. The van der Waals surface area contributed by atoms with Crippen molar-refractivity contribution in [1.29, 1.82) is 0 Å². The Bertz CT molecular complexity index is 98.2. The molecule has 1 radical (unpaired) electrons. The first kappa shape index (κ1) is 5.50. The zero-order valence-electron chi connectivity index (χ0n) is 4.33. The van der Waals surface area contributed by atoms with Gasteiger partial charge in [0.1, 0.15) is 0 Å². The van der Waals surface area contributed by atoms with Crippen molar-refractivity contribution >= 4 is 0 Å². The zero-order chi connectivity index (χ0) is 5.98. The molecule has 0 aromatic heterocycles. The predicted molar refractivity (Wildman–Crippen MR) is 27.7 cm³/mol. The number of hydrogen-bond acceptors (Lipinski definition) is 3. The van der Waals surface area contributed by atoms with Crippen LogP contribution in [0.4, 0.5) is 0 Å². The van der Waals surface area contributed by atoms with Crippen LogP contribution in [0.25, 0.3) is 0 Å². The Hall–Kier alpha value is -0.640. The summed E-state index contributed by atoms with van der Waals surface area (Å²) in [6.07, 6.45) is 1.89. The highest BCUT2D eigenvalue weighted by Gasteiger charge is 2.23. The van der Waals surface area contributed by atoms with Crippen molar-refractivity contribution in [3.8, 4) is 0 Å². The molecule has 1 atom stereocenters. The second-order valence-electron chi connectivity index (χ2n) is 1.71. The van der Waals surface area contributed by atoms with Crippen molar-refractivity contribution in [2.45, 2.75) is 12.6 Å². The Morgan fingerprint density at radius 1 is 1.88 bits per heavy atom. The van der Waals surface area contributed by atoms with E-state index >= 15 is 0 Å². The largest absolute Gasteiger partial charge is 0.269 e. The molecule has 1 unspecified atom stereocenters. The van der Waals surface area contributed by atoms with Crippen LogP contribution >= 0.6 is 0 Å². The standard InChI is InChI=1S/C4H7N2O2/c7-6(8)4-2-1-3-5-4/h2,4-5H,1,3H2. The van der Waals surface area contributed by atoms with Gasteiger partial charge in [-0.1, -0.05) is 0 Å². The van der Waals surface area contributed by atoms with Crippen molar-refractivity contribution in [3.05, 3.63) is 16.5 Å². The Balaban J connectivity index is 2.35. The SMILES string of the molecule is O=[N+]([O-])C1[CH]CCN1. The molecule has 1 N–H and O–H groups in total. The second-order valence-corrected chi connectivity index (χ2v) is 1.71. The van der Waals surface area contributed by atoms with Crippen molar-refractivity contribution < 1.29 is 4.92 Å². The average Bonchev–Trinajstić information content (AvgIpc) is 2.12. The van der Waals surface area contributed by atoms with Crippen LogP contribution in [0, 0.1) is 16.5 Å². The molecule has 45 valence electrons. The third-order valence-electron chi connectivity index (χ3n) is 1.11. The van der Waals surface area contributed by atoms with Gasteiger partial charge in [0.15, 0.2) is 0 Å². The van der Waals surface area contributed by atoms with E-state index in [4.69, 9.17) is 0 Å². The van der Waals surface area contributed by atoms with E-state index in [0.717, 1.165) is 13.0 Å². The quantitative estimate of drug-likeness (QED) is 0.380. The summed E-state index contributed by atoms with van der Waals surface area (Å²) in [6, 6.07) is 0. The Morgan fingerprint density at radius 3 is 2.88 bits per heavy atom. The molecule has 0 aromatic rings. The minimum atomic E-state index is -0.588. The first-order valence-electron chi connectivity index (χ1n) is 2.51. The van der Waals surface area contributed by atoms with Gasteiger partial charge in [0.05, 0.1) is 6.42 Å². The molecule has 1 aliphatic heterocycles. The molecular weight excluding hydrogens is 108 g/mol. The molecule has 0 aromatic carbocycles. The smallest absolute Gasteiger partial charge is 0.263 e. The number of nitrogens with one attached hydrogen (secondary N) is 1. The topological polar surface area (TPSA) is 55.2 Å². The molecular formula is C4H7N2O2. The Morgan fingerprint density at radius 2 is 2.62 bits per heavy atom. The van der Waals surface area contributed by atoms with Gasteiger partial charge in [-0.2, -0.15) is 0 Å². The molecule has 1 fully saturated rings. The highest BCUT2D eigenvalue weighted by Crippen LogP contribution is 2.02. The van der Waals surface area contributed by atoms with Gasteiger partial charge in [-0.05, 0) is 6.42 Å². The van der Waals surface area contributed by atoms with Gasteiger partial charge in [-0.25, -0.2) is 0 Å². The van der Waals surface area contributed by atoms with E-state index in [1.54, 1.807) is 6.42 Å². The van der Waals surface area contributed by atoms with E-state index in [-0.39, 0.29) is 4.92 Å². The van der Waals surface area contributed by atoms with Crippen molar-refractivity contribution in [3.63, 3.8) is 0 Å². The number of rotatable bonds is 1. The molecule has 1 aliphatic rings. The van der Waals surface area contributed by atoms with Crippen molar-refractivity contribution in [2.24, 2.45) is 0 Å². The maximum absolute atomic E-state index is 9.91. The highest BCUT2D eigenvalue weighted by atomic mass is 16.6.